The zero-order chi connectivity index (χ0) is 93.4. The van der Waals surface area contributed by atoms with Crippen LogP contribution in [-0.2, 0) is 0 Å². The Morgan fingerprint density at radius 1 is 0.107 bits per heavy atom. The van der Waals surface area contributed by atoms with Crippen molar-refractivity contribution in [1.82, 2.24) is 0 Å². The number of rotatable bonds is 0. The van der Waals surface area contributed by atoms with Gasteiger partial charge in [-0.3, -0.25) is 0 Å². The van der Waals surface area contributed by atoms with E-state index in [4.69, 9.17) is 0 Å². The zero-order valence-electron chi connectivity index (χ0n) is 74.4. The summed E-state index contributed by atoms with van der Waals surface area (Å²) < 4.78 is 227. The summed E-state index contributed by atoms with van der Waals surface area (Å²) in [5.74, 6) is -7.90. The highest BCUT2D eigenvalue weighted by molar-refractivity contribution is 5.32. The van der Waals surface area contributed by atoms with Gasteiger partial charge in [0.05, 0.1) is 0 Å². The van der Waals surface area contributed by atoms with Crippen LogP contribution in [0.4, 0.5) is 79.0 Å². The van der Waals surface area contributed by atoms with Gasteiger partial charge in [-0.15, -0.1) is 0 Å². The van der Waals surface area contributed by atoms with Crippen molar-refractivity contribution in [2.45, 2.75) is 180 Å². The fraction of sp³-hybridized carbons (Fsp3) is 0.250. The second-order valence-corrected chi connectivity index (χ2v) is 29.7. The molecule has 0 amide bonds. The smallest absolute Gasteiger partial charge is 0.161 e. The minimum absolute atomic E-state index is 0.0885. The summed E-state index contributed by atoms with van der Waals surface area (Å²) in [6.07, 6.45) is 0. The maximum Gasteiger partial charge on any atom is 0.161 e. The summed E-state index contributed by atoms with van der Waals surface area (Å²) >= 11 is 0. The second kappa shape index (κ2) is 54.1. The van der Waals surface area contributed by atoms with Crippen LogP contribution in [0.1, 0.15) is 145 Å². The molecule has 0 bridgehead atoms. The molecule has 0 aliphatic heterocycles. The molecular weight excluding hydrogens is 1590 g/mol. The Morgan fingerprint density at radius 2 is 0.221 bits per heavy atom. The van der Waals surface area contributed by atoms with E-state index in [9.17, 15) is 79.0 Å². The van der Waals surface area contributed by atoms with Gasteiger partial charge < -0.3 is 0 Å². The predicted octanol–water partition coefficient (Wildman–Crippen LogP) is 32.4. The molecule has 0 nitrogen and oxygen atoms in total. The van der Waals surface area contributed by atoms with Gasteiger partial charge >= 0.3 is 0 Å². The van der Waals surface area contributed by atoms with Gasteiger partial charge in [0.15, 0.2) is 23.3 Å². The average molecular weight is 1700 g/mol. The van der Waals surface area contributed by atoms with Crippen molar-refractivity contribution < 1.29 is 79.0 Å². The molecule has 13 rings (SSSR count). The molecule has 0 aromatic heterocycles. The molecule has 13 aromatic rings. The third kappa shape index (κ3) is 41.2. The molecule has 0 saturated carbocycles. The first kappa shape index (κ1) is 109. The number of aryl methyl sites for hydroxylation is 22. The lowest BCUT2D eigenvalue weighted by Crippen LogP contribution is -1.91. The molecule has 0 fully saturated rings. The van der Waals surface area contributed by atoms with E-state index in [0.717, 1.165) is 22.3 Å². The Morgan fingerprint density at radius 3 is 0.352 bits per heavy atom. The number of hydrogen-bond acceptors (Lipinski definition) is 0. The first-order valence-corrected chi connectivity index (χ1v) is 38.6. The number of hydrogen-bond donors (Lipinski definition) is 0. The molecule has 0 unspecified atom stereocenters. The van der Waals surface area contributed by atoms with E-state index in [-0.39, 0.29) is 57.2 Å². The van der Waals surface area contributed by atoms with Crippen LogP contribution >= 0.6 is 0 Å². The first-order chi connectivity index (χ1) is 56.7. The van der Waals surface area contributed by atoms with Gasteiger partial charge in [-0.05, 0) is 365 Å². The van der Waals surface area contributed by atoms with Gasteiger partial charge in [0.25, 0.3) is 0 Å². The zero-order valence-corrected chi connectivity index (χ0v) is 74.4. The van der Waals surface area contributed by atoms with Crippen LogP contribution in [0, 0.1) is 285 Å². The number of halogens is 18. The molecule has 0 radical (unpaired) electrons. The minimum atomic E-state index is -0.736. The van der Waals surface area contributed by atoms with Gasteiger partial charge in [0.1, 0.15) is 81.4 Å². The lowest BCUT2D eigenvalue weighted by atomic mass is 10.1. The fourth-order valence-electron chi connectivity index (χ4n) is 9.38. The molecule has 0 N–H and O–H groups in total. The van der Waals surface area contributed by atoms with E-state index in [1.165, 1.54) is 176 Å². The lowest BCUT2D eigenvalue weighted by Gasteiger charge is -1.99. The third-order valence-corrected chi connectivity index (χ3v) is 17.8. The Labute approximate surface area is 711 Å². The highest BCUT2D eigenvalue weighted by Gasteiger charge is 2.11. The summed E-state index contributed by atoms with van der Waals surface area (Å²) in [6, 6.07) is 57.0. The summed E-state index contributed by atoms with van der Waals surface area (Å²) in [5, 5.41) is 0. The molecule has 0 heterocycles. The maximum atomic E-state index is 12.6. The highest BCUT2D eigenvalue weighted by atomic mass is 19.2. The van der Waals surface area contributed by atoms with Crippen molar-refractivity contribution in [2.75, 3.05) is 0 Å². The standard InChI is InChI=1S/7C8H8F2.4C8H9F.2C8H10/c1-5-3-8(10)6(2)4-7(5)9;4*1-5-3-7(9)6(2)8(10)4-5;2*1-5-3-4-6(2)8(10)7(5)9;4*1-6-3-4-7(2)8(9)5-6;2*1-7-3-5-8(2)6-4-7/h7*3-4H,1-2H3;4*3-5H,1-2H3;2*3-6H,1-2H3. The normalized spacial score (nSPS) is 9.80. The monoisotopic (exact) mass is 1700 g/mol. The molecule has 0 spiro atoms. The molecule has 13 aromatic carbocycles. The molecule has 0 aliphatic carbocycles. The molecular formula is C104H112F18. The first-order valence-electron chi connectivity index (χ1n) is 38.6. The van der Waals surface area contributed by atoms with Crippen molar-refractivity contribution in [3.8, 4) is 0 Å². The van der Waals surface area contributed by atoms with Crippen molar-refractivity contribution in [3.63, 3.8) is 0 Å². The number of benzene rings is 13. The van der Waals surface area contributed by atoms with Gasteiger partial charge in [-0.2, -0.15) is 0 Å². The van der Waals surface area contributed by atoms with Gasteiger partial charge in [0, 0.05) is 22.3 Å². The second-order valence-electron chi connectivity index (χ2n) is 29.7. The van der Waals surface area contributed by atoms with Crippen molar-refractivity contribution in [1.29, 1.82) is 0 Å². The van der Waals surface area contributed by atoms with Crippen LogP contribution in [0.25, 0.3) is 0 Å². The largest absolute Gasteiger partial charge is 0.207 e. The molecule has 122 heavy (non-hydrogen) atoms. The summed E-state index contributed by atoms with van der Waals surface area (Å²) in [5.41, 5.74) is 16.9. The summed E-state index contributed by atoms with van der Waals surface area (Å²) in [7, 11) is 0. The lowest BCUT2D eigenvalue weighted by molar-refractivity contribution is 0.497. The Bertz CT molecular complexity index is 4690. The van der Waals surface area contributed by atoms with Crippen LogP contribution < -0.4 is 0 Å². The van der Waals surface area contributed by atoms with Gasteiger partial charge in [-0.1, -0.05) is 144 Å². The van der Waals surface area contributed by atoms with E-state index < -0.39 is 69.8 Å². The fourth-order valence-corrected chi connectivity index (χ4v) is 9.38. The van der Waals surface area contributed by atoms with Crippen molar-refractivity contribution in [2.24, 2.45) is 0 Å². The Balaban J connectivity index is 0.000000661. The van der Waals surface area contributed by atoms with Crippen LogP contribution in [0.2, 0.25) is 0 Å². The Hall–Kier alpha value is -11.4. The maximum absolute atomic E-state index is 12.6. The van der Waals surface area contributed by atoms with Crippen molar-refractivity contribution in [3.05, 3.63) is 456 Å². The molecule has 0 aliphatic rings. The predicted molar refractivity (Wildman–Crippen MR) is 466 cm³/mol. The SMILES string of the molecule is Cc1cc(F)c(C)c(F)c1.Cc1cc(F)c(C)c(F)c1.Cc1cc(F)c(C)c(F)c1.Cc1cc(F)c(C)c(F)c1.Cc1cc(F)c(C)cc1F.Cc1ccc(C)c(F)c1.Cc1ccc(C)c(F)c1.Cc1ccc(C)c(F)c1.Cc1ccc(C)c(F)c1.Cc1ccc(C)c(F)c1F.Cc1ccc(C)c(F)c1F.Cc1ccc(C)cc1.Cc1ccc(C)cc1. The van der Waals surface area contributed by atoms with Crippen LogP contribution in [0.5, 0.6) is 0 Å². The highest BCUT2D eigenvalue weighted by Crippen LogP contribution is 2.21. The van der Waals surface area contributed by atoms with E-state index in [0.29, 0.717) is 77.9 Å². The minimum Gasteiger partial charge on any atom is -0.207 e. The third-order valence-electron chi connectivity index (χ3n) is 17.8. The van der Waals surface area contributed by atoms with Crippen LogP contribution in [0.15, 0.2) is 206 Å². The van der Waals surface area contributed by atoms with Crippen LogP contribution in [-0.4, -0.2) is 0 Å². The van der Waals surface area contributed by atoms with Gasteiger partial charge in [0.2, 0.25) is 0 Å². The van der Waals surface area contributed by atoms with E-state index in [1.54, 1.807) is 104 Å². The molecule has 0 atom stereocenters. The van der Waals surface area contributed by atoms with Crippen LogP contribution in [0.3, 0.4) is 0 Å². The molecule has 654 valence electrons. The summed E-state index contributed by atoms with van der Waals surface area (Å²) in [6.45, 7) is 44.5. The van der Waals surface area contributed by atoms with E-state index in [2.05, 4.69) is 76.2 Å². The average Bonchev–Trinajstić information content (AvgIpc) is 0.864. The van der Waals surface area contributed by atoms with Crippen molar-refractivity contribution >= 4 is 0 Å². The Kier molecular flexibility index (Phi) is 48.1. The van der Waals surface area contributed by atoms with E-state index >= 15 is 0 Å². The topological polar surface area (TPSA) is 0 Å². The molecule has 0 saturated heterocycles. The summed E-state index contributed by atoms with van der Waals surface area (Å²) in [4.78, 5) is 0. The molecule has 18 heteroatoms. The van der Waals surface area contributed by atoms with E-state index in [1.807, 2.05) is 52.0 Å². The quantitative estimate of drug-likeness (QED) is 0.133. The van der Waals surface area contributed by atoms with Gasteiger partial charge in [-0.25, -0.2) is 79.0 Å².